The Morgan fingerprint density at radius 3 is 2.20 bits per heavy atom. The molecule has 0 unspecified atom stereocenters. The van der Waals surface area contributed by atoms with Crippen LogP contribution in [0.15, 0.2) is 60.7 Å². The van der Waals surface area contributed by atoms with Crippen LogP contribution in [0.3, 0.4) is 0 Å². The van der Waals surface area contributed by atoms with Crippen LogP contribution in [0.2, 0.25) is 0 Å². The zero-order valence-corrected chi connectivity index (χ0v) is 21.1. The molecule has 1 aliphatic heterocycles. The van der Waals surface area contributed by atoms with Crippen LogP contribution in [-0.4, -0.2) is 58.6 Å². The molecule has 35 heavy (non-hydrogen) atoms. The number of hydrogen-bond donors (Lipinski definition) is 1. The molecular weight excluding hydrogens is 458 g/mol. The number of aryl methyl sites for hydroxylation is 2. The van der Waals surface area contributed by atoms with Gasteiger partial charge in [0.1, 0.15) is 9.71 Å². The Hall–Kier alpha value is -3.62. The first kappa shape index (κ1) is 23.1. The summed E-state index contributed by atoms with van der Waals surface area (Å²) in [7, 11) is 3.86. The second kappa shape index (κ2) is 8.25. The predicted molar refractivity (Wildman–Crippen MR) is 138 cm³/mol. The Morgan fingerprint density at radius 2 is 1.57 bits per heavy atom. The van der Waals surface area contributed by atoms with Crippen molar-refractivity contribution in [1.82, 2.24) is 15.1 Å². The van der Waals surface area contributed by atoms with Gasteiger partial charge in [0, 0.05) is 10.9 Å². The van der Waals surface area contributed by atoms with E-state index < -0.39 is 5.54 Å². The SMILES string of the molecule is Cc1nnc2sc(C(=O)N3CC(c4ccccc4)([N+](C)(C)C(=O)c4ccccc4)C3)c(N)c2c1C. The maximum absolute atomic E-state index is 13.7. The molecule has 0 bridgehead atoms. The number of fused-ring (bicyclic) bond motifs is 1. The number of nitrogens with zero attached hydrogens (tertiary/aromatic N) is 4. The van der Waals surface area contributed by atoms with Crippen LogP contribution in [0, 0.1) is 13.8 Å². The van der Waals surface area contributed by atoms with Crippen molar-refractivity contribution in [3.8, 4) is 0 Å². The van der Waals surface area contributed by atoms with Gasteiger partial charge in [-0.1, -0.05) is 48.5 Å². The minimum atomic E-state index is -0.582. The third-order valence-electron chi connectivity index (χ3n) is 7.43. The molecule has 0 aliphatic carbocycles. The number of amides is 2. The molecule has 1 fully saturated rings. The number of hydrogen-bond acceptors (Lipinski definition) is 6. The topological polar surface area (TPSA) is 89.2 Å². The highest BCUT2D eigenvalue weighted by atomic mass is 32.1. The van der Waals surface area contributed by atoms with Gasteiger partial charge in [-0.3, -0.25) is 4.79 Å². The number of nitrogens with two attached hydrogens (primary N) is 1. The van der Waals surface area contributed by atoms with Crippen molar-refractivity contribution < 1.29 is 14.1 Å². The van der Waals surface area contributed by atoms with E-state index in [1.807, 2.05) is 88.6 Å². The number of carbonyl (C=O) groups excluding carboxylic acids is 2. The van der Waals surface area contributed by atoms with Crippen LogP contribution in [-0.2, 0) is 5.54 Å². The third-order valence-corrected chi connectivity index (χ3v) is 8.51. The fourth-order valence-corrected chi connectivity index (χ4v) is 6.05. The van der Waals surface area contributed by atoms with E-state index in [0.717, 1.165) is 22.2 Å². The molecule has 0 radical (unpaired) electrons. The van der Waals surface area contributed by atoms with E-state index in [2.05, 4.69) is 10.2 Å². The highest BCUT2D eigenvalue weighted by molar-refractivity contribution is 7.21. The lowest BCUT2D eigenvalue weighted by atomic mass is 9.78. The average molecular weight is 487 g/mol. The van der Waals surface area contributed by atoms with Gasteiger partial charge in [0.15, 0.2) is 5.54 Å². The monoisotopic (exact) mass is 486 g/mol. The lowest BCUT2D eigenvalue weighted by Crippen LogP contribution is -2.75. The summed E-state index contributed by atoms with van der Waals surface area (Å²) in [5, 5.41) is 9.24. The molecule has 8 heteroatoms. The summed E-state index contributed by atoms with van der Waals surface area (Å²) >= 11 is 1.28. The fraction of sp³-hybridized carbons (Fsp3) is 0.259. The van der Waals surface area contributed by atoms with E-state index in [1.165, 1.54) is 11.3 Å². The summed E-state index contributed by atoms with van der Waals surface area (Å²) in [4.78, 5) is 30.2. The van der Waals surface area contributed by atoms with E-state index in [9.17, 15) is 9.59 Å². The molecule has 5 rings (SSSR count). The van der Waals surface area contributed by atoms with E-state index in [0.29, 0.717) is 34.0 Å². The van der Waals surface area contributed by atoms with Crippen LogP contribution in [0.25, 0.3) is 10.2 Å². The van der Waals surface area contributed by atoms with Crippen molar-refractivity contribution in [2.24, 2.45) is 0 Å². The summed E-state index contributed by atoms with van der Waals surface area (Å²) in [5.74, 6) is -0.134. The van der Waals surface area contributed by atoms with Gasteiger partial charge >= 0.3 is 5.91 Å². The number of quaternary nitrogens is 1. The summed E-state index contributed by atoms with van der Waals surface area (Å²) in [6, 6.07) is 19.3. The Labute approximate surface area is 208 Å². The second-order valence-electron chi connectivity index (χ2n) is 9.62. The largest absolute Gasteiger partial charge is 0.397 e. The zero-order valence-electron chi connectivity index (χ0n) is 20.3. The highest BCUT2D eigenvalue weighted by Gasteiger charge is 2.61. The molecule has 178 valence electrons. The minimum Gasteiger partial charge on any atom is -0.397 e. The summed E-state index contributed by atoms with van der Waals surface area (Å²) < 4.78 is 0.0937. The van der Waals surface area contributed by atoms with Gasteiger partial charge in [-0.25, -0.2) is 9.28 Å². The van der Waals surface area contributed by atoms with Gasteiger partial charge in [0.2, 0.25) is 0 Å². The van der Waals surface area contributed by atoms with Crippen molar-refractivity contribution in [2.45, 2.75) is 19.4 Å². The lowest BCUT2D eigenvalue weighted by Gasteiger charge is -2.56. The smallest absolute Gasteiger partial charge is 0.346 e. The van der Waals surface area contributed by atoms with Gasteiger partial charge in [-0.15, -0.1) is 16.4 Å². The van der Waals surface area contributed by atoms with Crippen LogP contribution >= 0.6 is 11.3 Å². The van der Waals surface area contributed by atoms with E-state index >= 15 is 0 Å². The molecule has 0 saturated carbocycles. The Bertz CT molecular complexity index is 1440. The van der Waals surface area contributed by atoms with Crippen molar-refractivity contribution in [3.63, 3.8) is 0 Å². The molecule has 4 aromatic rings. The molecule has 2 aromatic heterocycles. The zero-order chi connectivity index (χ0) is 25.0. The number of anilines is 1. The maximum Gasteiger partial charge on any atom is 0.346 e. The van der Waals surface area contributed by atoms with Crippen LogP contribution < -0.4 is 5.73 Å². The van der Waals surface area contributed by atoms with Crippen molar-refractivity contribution in [1.29, 1.82) is 0 Å². The fourth-order valence-electron chi connectivity index (χ4n) is 4.98. The van der Waals surface area contributed by atoms with Crippen LogP contribution in [0.1, 0.15) is 36.9 Å². The standard InChI is InChI=1S/C27H27N5O2S/c1-17-18(2)29-30-24-21(17)22(28)23(35-24)25(33)31-15-27(16-31,20-13-9-6-10-14-20)32(3,4)26(34)19-11-7-5-8-12-19/h5-14H,15-16H2,1-4H3,(H-,28,33)/p+1. The van der Waals surface area contributed by atoms with Crippen molar-refractivity contribution >= 4 is 39.1 Å². The van der Waals surface area contributed by atoms with Crippen molar-refractivity contribution in [3.05, 3.63) is 87.9 Å². The number of benzene rings is 2. The third kappa shape index (κ3) is 3.44. The first-order valence-corrected chi connectivity index (χ1v) is 12.3. The molecule has 7 nitrogen and oxygen atoms in total. The molecule has 2 N–H and O–H groups in total. The van der Waals surface area contributed by atoms with Gasteiger partial charge in [0.05, 0.1) is 44.1 Å². The van der Waals surface area contributed by atoms with E-state index in [4.69, 9.17) is 5.73 Å². The van der Waals surface area contributed by atoms with Gasteiger partial charge in [0.25, 0.3) is 5.91 Å². The van der Waals surface area contributed by atoms with Crippen molar-refractivity contribution in [2.75, 3.05) is 32.9 Å². The minimum absolute atomic E-state index is 0.00398. The summed E-state index contributed by atoms with van der Waals surface area (Å²) in [5.41, 5.74) is 9.74. The number of thiophene rings is 1. The molecule has 2 amide bonds. The Morgan fingerprint density at radius 1 is 0.971 bits per heavy atom. The van der Waals surface area contributed by atoms with Gasteiger partial charge in [-0.2, -0.15) is 5.10 Å². The average Bonchev–Trinajstić information content (AvgIpc) is 3.18. The molecule has 0 spiro atoms. The summed E-state index contributed by atoms with van der Waals surface area (Å²) in [6.45, 7) is 4.63. The maximum atomic E-state index is 13.7. The molecule has 0 atom stereocenters. The Kier molecular flexibility index (Phi) is 5.45. The normalized spacial score (nSPS) is 15.1. The predicted octanol–water partition coefficient (Wildman–Crippen LogP) is 4.16. The molecule has 1 saturated heterocycles. The number of likely N-dealkylation sites (tertiary alicyclic amines) is 1. The van der Waals surface area contributed by atoms with Gasteiger partial charge < -0.3 is 10.6 Å². The Balaban J connectivity index is 1.51. The number of likely N-dealkylation sites (N-methyl/N-ethyl adjacent to an activating group) is 1. The molecule has 2 aromatic carbocycles. The number of carbonyl (C=O) groups is 2. The first-order chi connectivity index (χ1) is 16.7. The first-order valence-electron chi connectivity index (χ1n) is 11.5. The lowest BCUT2D eigenvalue weighted by molar-refractivity contribution is -0.880. The molecule has 1 aliphatic rings. The number of rotatable bonds is 4. The second-order valence-corrected chi connectivity index (χ2v) is 10.6. The van der Waals surface area contributed by atoms with Crippen LogP contribution in [0.5, 0.6) is 0 Å². The van der Waals surface area contributed by atoms with Gasteiger partial charge in [-0.05, 0) is 31.5 Å². The highest BCUT2D eigenvalue weighted by Crippen LogP contribution is 2.44. The molecule has 3 heterocycles. The quantitative estimate of drug-likeness (QED) is 0.438. The number of aromatic nitrogens is 2. The van der Waals surface area contributed by atoms with E-state index in [1.54, 1.807) is 4.90 Å². The number of nitrogen functional groups attached to an aromatic ring is 1. The summed E-state index contributed by atoms with van der Waals surface area (Å²) in [6.07, 6.45) is 0. The van der Waals surface area contributed by atoms with E-state index in [-0.39, 0.29) is 16.3 Å². The van der Waals surface area contributed by atoms with Crippen LogP contribution in [0.4, 0.5) is 5.69 Å². The molecular formula is C27H28N5O2S+.